The van der Waals surface area contributed by atoms with Gasteiger partial charge in [-0.3, -0.25) is 38.4 Å². The molecule has 36 heteroatoms. The van der Waals surface area contributed by atoms with Crippen LogP contribution in [-0.4, -0.2) is 374 Å². The molecular formula is C84H171N3O33. The molecule has 11 atom stereocenters. The van der Waals surface area contributed by atoms with Gasteiger partial charge in [-0.1, -0.05) is 27.7 Å². The lowest BCUT2D eigenvalue weighted by Gasteiger charge is -2.49. The van der Waals surface area contributed by atoms with Crippen LogP contribution in [-0.2, 0) is 95.2 Å². The average Bonchev–Trinajstić information content (AvgIpc) is 1.15. The van der Waals surface area contributed by atoms with E-state index >= 15 is 0 Å². The minimum Gasteiger partial charge on any atom is -0.481 e. The first-order chi connectivity index (χ1) is 55.4. The average molecular weight is 1750 g/mol. The molecule has 120 heavy (non-hydrogen) atoms. The van der Waals surface area contributed by atoms with Gasteiger partial charge in [-0.2, -0.15) is 0 Å². The van der Waals surface area contributed by atoms with E-state index in [0.29, 0.717) is 91.2 Å². The summed E-state index contributed by atoms with van der Waals surface area (Å²) < 4.78 is 64.0. The molecule has 11 unspecified atom stereocenters. The summed E-state index contributed by atoms with van der Waals surface area (Å²) in [4.78, 5) is 107. The lowest BCUT2D eigenvalue weighted by Crippen LogP contribution is -2.55. The Bertz CT molecular complexity index is 2670. The van der Waals surface area contributed by atoms with Gasteiger partial charge in [-0.05, 0) is 210 Å². The Morgan fingerprint density at radius 3 is 1.16 bits per heavy atom. The largest absolute Gasteiger partial charge is 0.481 e. The molecule has 13 N–H and O–H groups in total. The number of carbonyl (C=O) groups is 8. The van der Waals surface area contributed by atoms with Crippen LogP contribution in [0, 0.1) is 43.3 Å². The topological polar surface area (TPSA) is 523 Å². The van der Waals surface area contributed by atoms with Crippen LogP contribution in [0.1, 0.15) is 209 Å². The first-order valence-corrected chi connectivity index (χ1v) is 40.6. The number of rotatable bonds is 55. The molecule has 0 aromatic rings. The third kappa shape index (κ3) is 56.7. The number of aliphatic carboxylic acids is 2. The summed E-state index contributed by atoms with van der Waals surface area (Å²) in [6.07, 6.45) is -0.187. The number of hydrogen-bond donors (Lipinski definition) is 13. The highest BCUT2D eigenvalue weighted by molar-refractivity contribution is 5.84. The smallest absolute Gasteiger partial charge is 0.313 e. The van der Waals surface area contributed by atoms with Crippen molar-refractivity contribution in [3.63, 3.8) is 0 Å². The molecule has 0 saturated carbocycles. The number of aliphatic hydroxyl groups excluding tert-OH is 11. The molecule has 1 rings (SSSR count). The normalized spacial score (nSPS) is 16.2. The van der Waals surface area contributed by atoms with E-state index < -0.39 is 122 Å². The summed E-state index contributed by atoms with van der Waals surface area (Å²) in [6, 6.07) is 0. The number of ether oxygens (including phenoxy) is 12. The van der Waals surface area contributed by atoms with Crippen LogP contribution in [0.5, 0.6) is 0 Å². The number of epoxide rings is 1. The fourth-order valence-electron chi connectivity index (χ4n) is 11.7. The molecule has 720 valence electrons. The molecule has 0 aromatic heterocycles. The summed E-state index contributed by atoms with van der Waals surface area (Å²) in [6.45, 7) is 37.2. The van der Waals surface area contributed by atoms with Gasteiger partial charge in [0, 0.05) is 86.5 Å². The predicted molar refractivity (Wildman–Crippen MR) is 454 cm³/mol. The van der Waals surface area contributed by atoms with Gasteiger partial charge in [-0.25, -0.2) is 0 Å². The Morgan fingerprint density at radius 2 is 0.783 bits per heavy atom. The van der Waals surface area contributed by atoms with Crippen molar-refractivity contribution in [2.45, 2.75) is 257 Å². The van der Waals surface area contributed by atoms with Gasteiger partial charge in [-0.15, -0.1) is 0 Å². The highest BCUT2D eigenvalue weighted by Gasteiger charge is 2.52. The molecule has 1 aliphatic rings. The Balaban J connectivity index is -0.000000341. The number of esters is 5. The second-order valence-corrected chi connectivity index (χ2v) is 34.2. The van der Waals surface area contributed by atoms with Crippen LogP contribution in [0.2, 0.25) is 0 Å². The van der Waals surface area contributed by atoms with Crippen molar-refractivity contribution < 1.29 is 162 Å². The van der Waals surface area contributed by atoms with Crippen molar-refractivity contribution in [2.75, 3.05) is 197 Å². The lowest BCUT2D eigenvalue weighted by molar-refractivity contribution is -0.188. The van der Waals surface area contributed by atoms with Crippen molar-refractivity contribution in [2.24, 2.45) is 43.3 Å². The Morgan fingerprint density at radius 1 is 0.408 bits per heavy atom. The first-order valence-electron chi connectivity index (χ1n) is 40.6. The van der Waals surface area contributed by atoms with E-state index in [-0.39, 0.29) is 109 Å². The van der Waals surface area contributed by atoms with E-state index in [0.717, 1.165) is 35.5 Å². The van der Waals surface area contributed by atoms with E-state index in [9.17, 15) is 58.8 Å². The van der Waals surface area contributed by atoms with Gasteiger partial charge in [0.15, 0.2) is 0 Å². The third-order valence-electron chi connectivity index (χ3n) is 20.0. The second-order valence-electron chi connectivity index (χ2n) is 34.2. The molecule has 0 aliphatic carbocycles. The second kappa shape index (κ2) is 68.3. The summed E-state index contributed by atoms with van der Waals surface area (Å²) in [7, 11) is 17.3. The first kappa shape index (κ1) is 130. The maximum absolute atomic E-state index is 14.5. The molecule has 0 bridgehead atoms. The highest BCUT2D eigenvalue weighted by atomic mass is 16.7. The molecule has 36 nitrogen and oxygen atoms in total. The summed E-state index contributed by atoms with van der Waals surface area (Å²) in [5, 5.41) is 110. The Labute approximate surface area is 718 Å². The SMILES string of the molecule is CC(COCCO)OCCO.CCC(C)(C)C(=O)O.CCC(C)(CC(C)(C)C(=O)O)C(=O)OCC(O)COC(=O)C(C)(C)CC(C)(CC(C)(CC(C)(CCC(C)(C)C(=O)OC(O)COCCCOC(C)COCCO)N(C)C)C(=O)OCC(O)COC)N(C)C.CCC(C)(CC(C)(C)C(=O)OCC1CO1)C(=O)N(C)C.CO.CO.CO.CO.CO. The molecule has 1 heterocycles. The molecule has 1 amide bonds. The Kier molecular flexibility index (Phi) is 74.2. The minimum atomic E-state index is -1.51. The van der Waals surface area contributed by atoms with Gasteiger partial charge in [0.25, 0.3) is 0 Å². The number of methoxy groups -OCH3 is 1. The maximum atomic E-state index is 14.5. The van der Waals surface area contributed by atoms with Crippen molar-refractivity contribution in [3.8, 4) is 0 Å². The lowest BCUT2D eigenvalue weighted by atomic mass is 9.65. The molecule has 1 aliphatic heterocycles. The van der Waals surface area contributed by atoms with Crippen LogP contribution < -0.4 is 0 Å². The number of nitrogens with zero attached hydrogens (tertiary/aromatic N) is 3. The highest BCUT2D eigenvalue weighted by Crippen LogP contribution is 2.47. The van der Waals surface area contributed by atoms with Gasteiger partial charge in [0.05, 0.1) is 116 Å². The van der Waals surface area contributed by atoms with Crippen LogP contribution in [0.4, 0.5) is 0 Å². The quantitative estimate of drug-likeness (QED) is 0.0125. The standard InChI is InChI=1S/C51H96N2O18.C15H27NO4.C7H16O4.C6H12O2.5CH4O/c1-18-48(9,32-46(5,6)40(58)59)43(62)69-30-38(56)29-68-41(60)47(7,8)33-51(12,53(15)16)35-49(10,44(63)70-28-37(55)27-64-17)34-50(11,52(13)14)21-20-45(3,4)42(61)71-39(57)31-65-23-19-24-67-36(2)26-66-25-22-54;1-7-15(4,12(17)16(5)6)10-14(2,3)13(18)20-9-11-8-19-11;1-7(11-5-3-9)6-10-4-2-8;1-4-6(2,3)5(7)8;5*1-2/h36-39,54-57H,18-35H2,1-17H3,(H,58,59);11H,7-10H2,1-6H3;7-9H,2-6H2,1H3;4H2,1-3H3,(H,7,8);5*2H,1H3. The van der Waals surface area contributed by atoms with Gasteiger partial charge in [0.1, 0.15) is 51.3 Å². The van der Waals surface area contributed by atoms with Crippen LogP contribution in [0.3, 0.4) is 0 Å². The molecule has 0 spiro atoms. The monoisotopic (exact) mass is 1750 g/mol. The summed E-state index contributed by atoms with van der Waals surface area (Å²) in [5.41, 5.74) is -9.30. The van der Waals surface area contributed by atoms with Crippen LogP contribution >= 0.6 is 0 Å². The van der Waals surface area contributed by atoms with E-state index in [4.69, 9.17) is 103 Å². The van der Waals surface area contributed by atoms with Crippen molar-refractivity contribution in [3.05, 3.63) is 0 Å². The minimum absolute atomic E-state index is 0.0113. The molecule has 0 aromatic carbocycles. The van der Waals surface area contributed by atoms with Gasteiger partial charge >= 0.3 is 41.8 Å². The molecule has 0 radical (unpaired) electrons. The van der Waals surface area contributed by atoms with Crippen molar-refractivity contribution in [1.82, 2.24) is 14.7 Å². The van der Waals surface area contributed by atoms with E-state index in [1.54, 1.807) is 81.3 Å². The van der Waals surface area contributed by atoms with Crippen LogP contribution in [0.25, 0.3) is 0 Å². The number of carboxylic acid groups (broad SMARTS) is 2. The van der Waals surface area contributed by atoms with Gasteiger partial charge in [0.2, 0.25) is 12.2 Å². The summed E-state index contributed by atoms with van der Waals surface area (Å²) >= 11 is 0. The molecular weight excluding hydrogens is 1580 g/mol. The van der Waals surface area contributed by atoms with Crippen molar-refractivity contribution >= 4 is 47.7 Å². The number of hydrogen-bond acceptors (Lipinski definition) is 33. The number of carboxylic acids is 2. The van der Waals surface area contributed by atoms with E-state index in [2.05, 4.69) is 0 Å². The van der Waals surface area contributed by atoms with Gasteiger partial charge < -0.3 is 138 Å². The summed E-state index contributed by atoms with van der Waals surface area (Å²) in [5.74, 6) is -4.54. The van der Waals surface area contributed by atoms with E-state index in [1.807, 2.05) is 100 Å². The third-order valence-corrected chi connectivity index (χ3v) is 20.0. The zero-order chi connectivity index (χ0) is 96.1. The zero-order valence-corrected chi connectivity index (χ0v) is 79.6. The number of carbonyl (C=O) groups excluding carboxylic acids is 6. The molecule has 1 saturated heterocycles. The molecule has 1 fully saturated rings. The number of amides is 1. The van der Waals surface area contributed by atoms with Crippen molar-refractivity contribution in [1.29, 1.82) is 0 Å². The van der Waals surface area contributed by atoms with E-state index in [1.165, 1.54) is 21.0 Å². The predicted octanol–water partition coefficient (Wildman–Crippen LogP) is 5.03. The fraction of sp³-hybridized carbons (Fsp3) is 0.905. The maximum Gasteiger partial charge on any atom is 0.313 e. The fourth-order valence-corrected chi connectivity index (χ4v) is 11.7. The Hall–Kier alpha value is -5.04. The van der Waals surface area contributed by atoms with Crippen LogP contribution in [0.15, 0.2) is 0 Å². The zero-order valence-electron chi connectivity index (χ0n) is 79.6. The number of aliphatic hydroxyl groups is 11.